The van der Waals surface area contributed by atoms with E-state index in [1.165, 1.54) is 5.69 Å². The first-order valence-corrected chi connectivity index (χ1v) is 8.53. The van der Waals surface area contributed by atoms with Gasteiger partial charge in [-0.3, -0.25) is 4.40 Å². The molecule has 0 unspecified atom stereocenters. The highest BCUT2D eigenvalue weighted by molar-refractivity contribution is 7.98. The second-order valence-electron chi connectivity index (χ2n) is 4.76. The molecule has 4 rings (SSSR count). The Morgan fingerprint density at radius 3 is 3.14 bits per heavy atom. The predicted octanol–water partition coefficient (Wildman–Crippen LogP) is 4.11. The van der Waals surface area contributed by atoms with Gasteiger partial charge in [0, 0.05) is 22.2 Å². The topological polar surface area (TPSA) is 54.0 Å². The molecule has 22 heavy (non-hydrogen) atoms. The first-order chi connectivity index (χ1) is 10.8. The van der Waals surface area contributed by atoms with Gasteiger partial charge in [-0.2, -0.15) is 5.26 Å². The Balaban J connectivity index is 1.69. The summed E-state index contributed by atoms with van der Waals surface area (Å²) in [7, 11) is 0. The van der Waals surface area contributed by atoms with Gasteiger partial charge in [-0.15, -0.1) is 11.3 Å². The fraction of sp³-hybridized carbons (Fsp3) is 0.0625. The minimum absolute atomic E-state index is 0.626. The average molecular weight is 322 g/mol. The van der Waals surface area contributed by atoms with Gasteiger partial charge >= 0.3 is 0 Å². The molecule has 0 bridgehead atoms. The Bertz CT molecular complexity index is 1010. The fourth-order valence-electron chi connectivity index (χ4n) is 2.31. The van der Waals surface area contributed by atoms with Gasteiger partial charge < -0.3 is 0 Å². The van der Waals surface area contributed by atoms with E-state index in [4.69, 9.17) is 0 Å². The van der Waals surface area contributed by atoms with Gasteiger partial charge in [0.25, 0.3) is 0 Å². The molecular weight excluding hydrogens is 312 g/mol. The second kappa shape index (κ2) is 5.44. The van der Waals surface area contributed by atoms with Crippen molar-refractivity contribution in [3.8, 4) is 6.07 Å². The molecule has 0 N–H and O–H groups in total. The van der Waals surface area contributed by atoms with E-state index < -0.39 is 0 Å². The summed E-state index contributed by atoms with van der Waals surface area (Å²) >= 11 is 3.26. The number of aromatic nitrogens is 3. The van der Waals surface area contributed by atoms with Gasteiger partial charge in [0.1, 0.15) is 22.3 Å². The van der Waals surface area contributed by atoms with Crippen molar-refractivity contribution < 1.29 is 0 Å². The third-order valence-electron chi connectivity index (χ3n) is 3.40. The maximum absolute atomic E-state index is 9.36. The molecule has 6 heteroatoms. The maximum Gasteiger partial charge on any atom is 0.119 e. The zero-order valence-corrected chi connectivity index (χ0v) is 13.1. The van der Waals surface area contributed by atoms with Crippen LogP contribution < -0.4 is 0 Å². The largest absolute Gasteiger partial charge is 0.293 e. The molecule has 4 aromatic rings. The number of nitriles is 1. The number of thiazole rings is 1. The monoisotopic (exact) mass is 322 g/mol. The Morgan fingerprint density at radius 1 is 1.32 bits per heavy atom. The molecule has 0 saturated carbocycles. The molecule has 0 amide bonds. The van der Waals surface area contributed by atoms with Crippen LogP contribution in [0.4, 0.5) is 0 Å². The van der Waals surface area contributed by atoms with E-state index in [0.29, 0.717) is 5.56 Å². The van der Waals surface area contributed by atoms with E-state index in [1.54, 1.807) is 23.1 Å². The number of hydrogen-bond donors (Lipinski definition) is 0. The normalized spacial score (nSPS) is 11.0. The zero-order chi connectivity index (χ0) is 14.9. The molecule has 0 saturated heterocycles. The number of pyridine rings is 1. The third-order valence-corrected chi connectivity index (χ3v) is 5.35. The molecule has 3 heterocycles. The average Bonchev–Trinajstić information content (AvgIpc) is 3.16. The molecule has 106 valence electrons. The Labute approximate surface area is 135 Å². The molecule has 0 atom stereocenters. The number of hydrogen-bond acceptors (Lipinski definition) is 5. The van der Waals surface area contributed by atoms with E-state index in [-0.39, 0.29) is 0 Å². The van der Waals surface area contributed by atoms with E-state index in [9.17, 15) is 5.26 Å². The van der Waals surface area contributed by atoms with Gasteiger partial charge in [-0.1, -0.05) is 30.0 Å². The van der Waals surface area contributed by atoms with Crippen molar-refractivity contribution in [1.29, 1.82) is 5.26 Å². The SMILES string of the molecule is N#Cc1cc2ccccc2nc1SCc1csc2cncn12. The van der Waals surface area contributed by atoms with E-state index in [0.717, 1.165) is 26.5 Å². The number of thioether (sulfide) groups is 1. The van der Waals surface area contributed by atoms with Crippen LogP contribution in [-0.2, 0) is 5.75 Å². The smallest absolute Gasteiger partial charge is 0.119 e. The van der Waals surface area contributed by atoms with E-state index in [2.05, 4.69) is 25.8 Å². The minimum atomic E-state index is 0.626. The van der Waals surface area contributed by atoms with Crippen LogP contribution in [0.3, 0.4) is 0 Å². The molecular formula is C16H10N4S2. The number of fused-ring (bicyclic) bond motifs is 2. The van der Waals surface area contributed by atoms with Crippen LogP contribution in [0, 0.1) is 11.3 Å². The summed E-state index contributed by atoms with van der Waals surface area (Å²) in [6.07, 6.45) is 3.68. The molecule has 1 aromatic carbocycles. The van der Waals surface area contributed by atoms with Crippen molar-refractivity contribution in [3.05, 3.63) is 59.5 Å². The summed E-state index contributed by atoms with van der Waals surface area (Å²) in [6, 6.07) is 12.0. The lowest BCUT2D eigenvalue weighted by atomic mass is 10.2. The number of imidazole rings is 1. The number of benzene rings is 1. The molecule has 3 aromatic heterocycles. The first kappa shape index (κ1) is 13.3. The molecule has 0 aliphatic carbocycles. The van der Waals surface area contributed by atoms with Gasteiger partial charge in [0.2, 0.25) is 0 Å². The standard InChI is InChI=1S/C16H10N4S2/c17-6-12-5-11-3-1-2-4-14(11)19-16(12)22-9-13-8-21-15-7-18-10-20(13)15/h1-5,7-8,10H,9H2. The summed E-state index contributed by atoms with van der Waals surface area (Å²) in [5.74, 6) is 0.760. The maximum atomic E-state index is 9.36. The van der Waals surface area contributed by atoms with Crippen LogP contribution in [0.15, 0.2) is 53.3 Å². The third kappa shape index (κ3) is 2.25. The Hall–Kier alpha value is -2.36. The van der Waals surface area contributed by atoms with Crippen molar-refractivity contribution >= 4 is 38.8 Å². The van der Waals surface area contributed by atoms with Crippen molar-refractivity contribution in [2.24, 2.45) is 0 Å². The zero-order valence-electron chi connectivity index (χ0n) is 11.4. The van der Waals surface area contributed by atoms with Gasteiger partial charge in [0.05, 0.1) is 17.3 Å². The van der Waals surface area contributed by atoms with Crippen molar-refractivity contribution in [3.63, 3.8) is 0 Å². The molecule has 4 nitrogen and oxygen atoms in total. The highest BCUT2D eigenvalue weighted by atomic mass is 32.2. The highest BCUT2D eigenvalue weighted by Gasteiger charge is 2.10. The number of rotatable bonds is 3. The lowest BCUT2D eigenvalue weighted by molar-refractivity contribution is 1.08. The number of para-hydroxylation sites is 1. The fourth-order valence-corrected chi connectivity index (χ4v) is 4.19. The lowest BCUT2D eigenvalue weighted by Crippen LogP contribution is -1.92. The predicted molar refractivity (Wildman–Crippen MR) is 89.1 cm³/mol. The summed E-state index contributed by atoms with van der Waals surface area (Å²) in [5.41, 5.74) is 2.71. The summed E-state index contributed by atoms with van der Waals surface area (Å²) in [5, 5.41) is 13.3. The first-order valence-electron chi connectivity index (χ1n) is 6.66. The summed E-state index contributed by atoms with van der Waals surface area (Å²) in [6.45, 7) is 0. The molecule has 0 aliphatic heterocycles. The van der Waals surface area contributed by atoms with Gasteiger partial charge in [-0.25, -0.2) is 9.97 Å². The Kier molecular flexibility index (Phi) is 3.29. The van der Waals surface area contributed by atoms with Crippen LogP contribution in [-0.4, -0.2) is 14.4 Å². The molecule has 0 radical (unpaired) electrons. The quantitative estimate of drug-likeness (QED) is 0.533. The molecule has 0 spiro atoms. The minimum Gasteiger partial charge on any atom is -0.293 e. The Morgan fingerprint density at radius 2 is 2.23 bits per heavy atom. The van der Waals surface area contributed by atoms with Gasteiger partial charge in [-0.05, 0) is 12.1 Å². The summed E-state index contributed by atoms with van der Waals surface area (Å²) in [4.78, 5) is 9.91. The van der Waals surface area contributed by atoms with Crippen LogP contribution in [0.1, 0.15) is 11.3 Å². The van der Waals surface area contributed by atoms with Crippen molar-refractivity contribution in [2.45, 2.75) is 10.8 Å². The van der Waals surface area contributed by atoms with Crippen molar-refractivity contribution in [2.75, 3.05) is 0 Å². The highest BCUT2D eigenvalue weighted by Crippen LogP contribution is 2.28. The van der Waals surface area contributed by atoms with E-state index >= 15 is 0 Å². The molecule has 0 aliphatic rings. The molecule has 0 fully saturated rings. The van der Waals surface area contributed by atoms with Crippen LogP contribution in [0.2, 0.25) is 0 Å². The van der Waals surface area contributed by atoms with Gasteiger partial charge in [0.15, 0.2) is 0 Å². The van der Waals surface area contributed by atoms with E-state index in [1.807, 2.05) is 42.9 Å². The second-order valence-corrected chi connectivity index (χ2v) is 6.62. The van der Waals surface area contributed by atoms with Crippen molar-refractivity contribution in [1.82, 2.24) is 14.4 Å². The summed E-state index contributed by atoms with van der Waals surface area (Å²) < 4.78 is 2.07. The van der Waals surface area contributed by atoms with Crippen LogP contribution >= 0.6 is 23.1 Å². The van der Waals surface area contributed by atoms with Crippen LogP contribution in [0.5, 0.6) is 0 Å². The number of nitrogens with zero attached hydrogens (tertiary/aromatic N) is 4. The lowest BCUT2D eigenvalue weighted by Gasteiger charge is -2.05. The van der Waals surface area contributed by atoms with Crippen LogP contribution in [0.25, 0.3) is 15.7 Å².